The molecule has 1 aliphatic rings. The van der Waals surface area contributed by atoms with Crippen LogP contribution in [0.1, 0.15) is 72.2 Å². The molecule has 13 heteroatoms. The summed E-state index contributed by atoms with van der Waals surface area (Å²) in [6, 6.07) is 11.8. The predicted octanol–water partition coefficient (Wildman–Crippen LogP) is 3.68. The maximum absolute atomic E-state index is 14.0. The number of aliphatic imine (C=N–C) groups is 1. The number of hydrogen-bond donors (Lipinski definition) is 6. The van der Waals surface area contributed by atoms with Crippen LogP contribution in [0.3, 0.4) is 0 Å². The number of benzene rings is 2. The van der Waals surface area contributed by atoms with Crippen molar-refractivity contribution < 1.29 is 19.2 Å². The van der Waals surface area contributed by atoms with E-state index >= 15 is 0 Å². The molecule has 1 aromatic heterocycles. The highest BCUT2D eigenvalue weighted by molar-refractivity contribution is 7.21. The van der Waals surface area contributed by atoms with Gasteiger partial charge in [0.1, 0.15) is 18.1 Å². The van der Waals surface area contributed by atoms with Crippen LogP contribution in [0.2, 0.25) is 5.02 Å². The van der Waals surface area contributed by atoms with Crippen molar-refractivity contribution >= 4 is 62.6 Å². The van der Waals surface area contributed by atoms with E-state index in [1.807, 2.05) is 49.4 Å². The number of nitrogens with one attached hydrogen (secondary N) is 3. The molecule has 0 unspecified atom stereocenters. The van der Waals surface area contributed by atoms with Crippen molar-refractivity contribution in [1.29, 1.82) is 0 Å². The number of rotatable bonds is 15. The standard InChI is InChI=1S/C34H44ClN7O4S/c1-20-24-19-23(35)14-15-28(24)47-29(20)33(46)42-27(18-22-11-6-3-7-12-22)32(45)40-25(13-8-16-39-34(37)38)31(44)41-26(30(36)43)17-21-9-4-2-5-10-21/h2,4-5,9-10,14-15,19,22,25-27H,3,6-8,11-13,16-18H2,1H3,(H2,36,43)(H,40,45)(H,41,44)(H,42,46)(H4,37,38,39)/t25-,26-,27-/m0/s1. The lowest BCUT2D eigenvalue weighted by Gasteiger charge is -2.28. The van der Waals surface area contributed by atoms with E-state index in [-0.39, 0.29) is 37.2 Å². The second-order valence-electron chi connectivity index (χ2n) is 12.1. The summed E-state index contributed by atoms with van der Waals surface area (Å²) in [7, 11) is 0. The summed E-state index contributed by atoms with van der Waals surface area (Å²) in [5.41, 5.74) is 18.2. The smallest absolute Gasteiger partial charge is 0.262 e. The Bertz CT molecular complexity index is 1590. The molecule has 3 aromatic rings. The van der Waals surface area contributed by atoms with Gasteiger partial charge in [0, 0.05) is 22.7 Å². The lowest BCUT2D eigenvalue weighted by Crippen LogP contribution is -2.57. The zero-order chi connectivity index (χ0) is 33.9. The molecule has 0 saturated heterocycles. The van der Waals surface area contributed by atoms with Crippen LogP contribution in [0.5, 0.6) is 0 Å². The second kappa shape index (κ2) is 17.1. The van der Waals surface area contributed by atoms with Gasteiger partial charge >= 0.3 is 0 Å². The van der Waals surface area contributed by atoms with Crippen molar-refractivity contribution in [3.05, 3.63) is 69.6 Å². The normalized spacial score (nSPS) is 15.3. The minimum atomic E-state index is -1.03. The molecule has 2 aromatic carbocycles. The molecule has 47 heavy (non-hydrogen) atoms. The first-order valence-electron chi connectivity index (χ1n) is 16.0. The Kier molecular flexibility index (Phi) is 13.0. The summed E-state index contributed by atoms with van der Waals surface area (Å²) in [5, 5.41) is 10.0. The van der Waals surface area contributed by atoms with Crippen LogP contribution < -0.4 is 33.2 Å². The molecule has 0 radical (unpaired) electrons. The van der Waals surface area contributed by atoms with Gasteiger partial charge in [-0.05, 0) is 66.8 Å². The molecule has 9 N–H and O–H groups in total. The summed E-state index contributed by atoms with van der Waals surface area (Å²) in [6.45, 7) is 2.10. The Morgan fingerprint density at radius 1 is 0.915 bits per heavy atom. The number of aryl methyl sites for hydroxylation is 1. The minimum absolute atomic E-state index is 0.0826. The number of thiophene rings is 1. The number of amides is 4. The van der Waals surface area contributed by atoms with Gasteiger partial charge in [-0.1, -0.05) is 74.0 Å². The number of primary amides is 1. The quantitative estimate of drug-likeness (QED) is 0.0804. The van der Waals surface area contributed by atoms with E-state index < -0.39 is 35.8 Å². The first kappa shape index (κ1) is 35.7. The Balaban J connectivity index is 1.54. The summed E-state index contributed by atoms with van der Waals surface area (Å²) in [5.74, 6) is -1.94. The number of carbonyl (C=O) groups is 4. The molecule has 252 valence electrons. The van der Waals surface area contributed by atoms with E-state index in [0.29, 0.717) is 22.7 Å². The van der Waals surface area contributed by atoms with E-state index in [4.69, 9.17) is 28.8 Å². The number of nitrogens with zero attached hydrogens (tertiary/aromatic N) is 1. The fraction of sp³-hybridized carbons (Fsp3) is 0.441. The van der Waals surface area contributed by atoms with Gasteiger partial charge in [-0.25, -0.2) is 0 Å². The van der Waals surface area contributed by atoms with Crippen LogP contribution in [-0.2, 0) is 20.8 Å². The van der Waals surface area contributed by atoms with Crippen LogP contribution in [0.15, 0.2) is 53.5 Å². The minimum Gasteiger partial charge on any atom is -0.370 e. The maximum Gasteiger partial charge on any atom is 0.262 e. The molecule has 0 spiro atoms. The van der Waals surface area contributed by atoms with Gasteiger partial charge in [0.15, 0.2) is 5.96 Å². The molecule has 4 rings (SSSR count). The zero-order valence-electron chi connectivity index (χ0n) is 26.6. The number of carbonyl (C=O) groups excluding carboxylic acids is 4. The molecule has 0 bridgehead atoms. The lowest BCUT2D eigenvalue weighted by molar-refractivity contribution is -0.132. The first-order valence-corrected chi connectivity index (χ1v) is 17.2. The highest BCUT2D eigenvalue weighted by Crippen LogP contribution is 2.33. The molecule has 3 atom stereocenters. The number of nitrogens with two attached hydrogens (primary N) is 3. The number of halogens is 1. The third-order valence-corrected chi connectivity index (χ3v) is 10.0. The van der Waals surface area contributed by atoms with Crippen molar-refractivity contribution in [2.45, 2.75) is 82.8 Å². The number of fused-ring (bicyclic) bond motifs is 1. The molecule has 11 nitrogen and oxygen atoms in total. The lowest BCUT2D eigenvalue weighted by atomic mass is 9.84. The van der Waals surface area contributed by atoms with E-state index in [0.717, 1.165) is 53.3 Å². The summed E-state index contributed by atoms with van der Waals surface area (Å²) in [4.78, 5) is 58.1. The number of guanidine groups is 1. The Hall–Kier alpha value is -4.16. The van der Waals surface area contributed by atoms with Crippen LogP contribution in [0.25, 0.3) is 10.1 Å². The summed E-state index contributed by atoms with van der Waals surface area (Å²) >= 11 is 7.55. The Labute approximate surface area is 284 Å². The molecule has 1 aliphatic carbocycles. The van der Waals surface area contributed by atoms with Gasteiger partial charge < -0.3 is 33.2 Å². The molecule has 1 saturated carbocycles. The van der Waals surface area contributed by atoms with Crippen molar-refractivity contribution in [2.24, 2.45) is 28.1 Å². The SMILES string of the molecule is Cc1c(C(=O)N[C@@H](CC2CCCCC2)C(=O)N[C@@H](CCCN=C(N)N)C(=O)N[C@@H](Cc2ccccc2)C(N)=O)sc2ccc(Cl)cc12. The monoisotopic (exact) mass is 681 g/mol. The third kappa shape index (κ3) is 10.4. The highest BCUT2D eigenvalue weighted by Gasteiger charge is 2.32. The van der Waals surface area contributed by atoms with Gasteiger partial charge in [0.25, 0.3) is 5.91 Å². The largest absolute Gasteiger partial charge is 0.370 e. The molecule has 1 fully saturated rings. The van der Waals surface area contributed by atoms with E-state index in [2.05, 4.69) is 20.9 Å². The van der Waals surface area contributed by atoms with Crippen LogP contribution >= 0.6 is 22.9 Å². The topological polar surface area (TPSA) is 195 Å². The number of hydrogen-bond acceptors (Lipinski definition) is 6. The maximum atomic E-state index is 14.0. The van der Waals surface area contributed by atoms with E-state index in [1.54, 1.807) is 6.07 Å². The van der Waals surface area contributed by atoms with Gasteiger partial charge in [0.2, 0.25) is 17.7 Å². The average Bonchev–Trinajstić information content (AvgIpc) is 3.37. The van der Waals surface area contributed by atoms with Crippen molar-refractivity contribution in [2.75, 3.05) is 6.54 Å². The second-order valence-corrected chi connectivity index (χ2v) is 13.6. The summed E-state index contributed by atoms with van der Waals surface area (Å²) in [6.07, 6.45) is 6.38. The molecular weight excluding hydrogens is 638 g/mol. The molecule has 0 aliphatic heterocycles. The summed E-state index contributed by atoms with van der Waals surface area (Å²) < 4.78 is 0.919. The fourth-order valence-electron chi connectivity index (χ4n) is 6.01. The van der Waals surface area contributed by atoms with Crippen molar-refractivity contribution in [3.8, 4) is 0 Å². The molecule has 4 amide bonds. The van der Waals surface area contributed by atoms with E-state index in [9.17, 15) is 19.2 Å². The highest BCUT2D eigenvalue weighted by atomic mass is 35.5. The van der Waals surface area contributed by atoms with Crippen molar-refractivity contribution in [3.63, 3.8) is 0 Å². The van der Waals surface area contributed by atoms with Gasteiger partial charge in [-0.3, -0.25) is 24.2 Å². The van der Waals surface area contributed by atoms with Gasteiger partial charge in [-0.15, -0.1) is 11.3 Å². The van der Waals surface area contributed by atoms with Gasteiger partial charge in [-0.2, -0.15) is 0 Å². The fourth-order valence-corrected chi connectivity index (χ4v) is 7.28. The first-order chi connectivity index (χ1) is 22.5. The zero-order valence-corrected chi connectivity index (χ0v) is 28.2. The average molecular weight is 682 g/mol. The molecular formula is C34H44ClN7O4S. The predicted molar refractivity (Wildman–Crippen MR) is 187 cm³/mol. The van der Waals surface area contributed by atoms with Crippen molar-refractivity contribution in [1.82, 2.24) is 16.0 Å². The molecule has 1 heterocycles. The van der Waals surface area contributed by atoms with Gasteiger partial charge in [0.05, 0.1) is 4.88 Å². The van der Waals surface area contributed by atoms with E-state index in [1.165, 1.54) is 11.3 Å². The Morgan fingerprint density at radius 3 is 2.28 bits per heavy atom. The van der Waals surface area contributed by atoms with Crippen LogP contribution in [0.4, 0.5) is 0 Å². The van der Waals surface area contributed by atoms with Crippen LogP contribution in [0, 0.1) is 12.8 Å². The van der Waals surface area contributed by atoms with Crippen LogP contribution in [-0.4, -0.2) is 54.3 Å². The third-order valence-electron chi connectivity index (χ3n) is 8.54. The Morgan fingerprint density at radius 2 is 1.60 bits per heavy atom.